The van der Waals surface area contributed by atoms with Gasteiger partial charge in [0.1, 0.15) is 24.3 Å². The molecule has 6 heteroatoms. The van der Waals surface area contributed by atoms with E-state index in [1.54, 1.807) is 0 Å². The molecule has 36 heavy (non-hydrogen) atoms. The number of carbonyl (C=O) groups is 1. The number of fused-ring (bicyclic) bond motifs is 1. The fourth-order valence-corrected chi connectivity index (χ4v) is 4.93. The zero-order valence-corrected chi connectivity index (χ0v) is 21.1. The molecule has 1 amide bonds. The first-order chi connectivity index (χ1) is 17.4. The Balaban J connectivity index is 1.34. The Labute approximate surface area is 212 Å². The van der Waals surface area contributed by atoms with Gasteiger partial charge in [-0.1, -0.05) is 50.2 Å². The molecule has 6 nitrogen and oxygen atoms in total. The van der Waals surface area contributed by atoms with E-state index < -0.39 is 6.10 Å². The molecule has 0 aliphatic carbocycles. The number of ether oxygens (including phenoxy) is 1. The Morgan fingerprint density at radius 3 is 2.58 bits per heavy atom. The number of nitrogens with zero attached hydrogens (tertiary/aromatic N) is 3. The average Bonchev–Trinajstić information content (AvgIpc) is 3.43. The van der Waals surface area contributed by atoms with E-state index >= 15 is 0 Å². The van der Waals surface area contributed by atoms with Gasteiger partial charge in [0.25, 0.3) is 0 Å². The van der Waals surface area contributed by atoms with Gasteiger partial charge in [-0.3, -0.25) is 4.79 Å². The molecule has 0 bridgehead atoms. The maximum absolute atomic E-state index is 13.0. The summed E-state index contributed by atoms with van der Waals surface area (Å²) in [5.41, 5.74) is 5.11. The second kappa shape index (κ2) is 10.2. The highest BCUT2D eigenvalue weighted by Crippen LogP contribution is 2.33. The van der Waals surface area contributed by atoms with Gasteiger partial charge in [0.15, 0.2) is 0 Å². The molecule has 1 fully saturated rings. The van der Waals surface area contributed by atoms with Gasteiger partial charge < -0.3 is 19.3 Å². The zero-order valence-electron chi connectivity index (χ0n) is 21.1. The van der Waals surface area contributed by atoms with Crippen LogP contribution in [0.25, 0.3) is 11.0 Å². The van der Waals surface area contributed by atoms with Crippen molar-refractivity contribution in [1.29, 1.82) is 0 Å². The smallest absolute Gasteiger partial charge is 0.227 e. The van der Waals surface area contributed by atoms with Crippen LogP contribution < -0.4 is 9.64 Å². The van der Waals surface area contributed by atoms with Crippen LogP contribution in [-0.4, -0.2) is 39.8 Å². The van der Waals surface area contributed by atoms with Crippen molar-refractivity contribution in [2.75, 3.05) is 18.1 Å². The number of aliphatic hydroxyl groups is 1. The number of aryl methyl sites for hydroxylation is 1. The van der Waals surface area contributed by atoms with Gasteiger partial charge in [-0.2, -0.15) is 0 Å². The van der Waals surface area contributed by atoms with Crippen LogP contribution >= 0.6 is 0 Å². The van der Waals surface area contributed by atoms with E-state index in [0.717, 1.165) is 33.9 Å². The van der Waals surface area contributed by atoms with E-state index in [9.17, 15) is 9.90 Å². The number of para-hydroxylation sites is 2. The van der Waals surface area contributed by atoms with Crippen molar-refractivity contribution in [1.82, 2.24) is 9.55 Å². The van der Waals surface area contributed by atoms with Crippen molar-refractivity contribution in [3.8, 4) is 5.75 Å². The summed E-state index contributed by atoms with van der Waals surface area (Å²) < 4.78 is 7.94. The van der Waals surface area contributed by atoms with E-state index in [1.807, 2.05) is 72.5 Å². The van der Waals surface area contributed by atoms with E-state index in [2.05, 4.69) is 30.5 Å². The van der Waals surface area contributed by atoms with E-state index in [0.29, 0.717) is 25.4 Å². The van der Waals surface area contributed by atoms with Crippen LogP contribution in [0.3, 0.4) is 0 Å². The fraction of sp³-hybridized carbons (Fsp3) is 0.333. The lowest BCUT2D eigenvalue weighted by Gasteiger charge is -2.19. The third kappa shape index (κ3) is 5.00. The number of amides is 1. The number of hydrogen-bond acceptors (Lipinski definition) is 4. The Morgan fingerprint density at radius 2 is 1.83 bits per heavy atom. The molecule has 5 rings (SSSR count). The number of aliphatic hydroxyl groups excluding tert-OH is 1. The second-order valence-corrected chi connectivity index (χ2v) is 10.0. The summed E-state index contributed by atoms with van der Waals surface area (Å²) >= 11 is 0. The van der Waals surface area contributed by atoms with E-state index in [4.69, 9.17) is 9.72 Å². The van der Waals surface area contributed by atoms with Crippen LogP contribution in [0.5, 0.6) is 5.75 Å². The molecule has 1 saturated heterocycles. The molecule has 4 aromatic rings. The second-order valence-electron chi connectivity index (χ2n) is 10.0. The number of aromatic nitrogens is 2. The summed E-state index contributed by atoms with van der Waals surface area (Å²) in [6.45, 7) is 7.43. The van der Waals surface area contributed by atoms with Gasteiger partial charge >= 0.3 is 0 Å². The number of hydrogen-bond donors (Lipinski definition) is 1. The predicted molar refractivity (Wildman–Crippen MR) is 143 cm³/mol. The first-order valence-electron chi connectivity index (χ1n) is 12.6. The number of anilines is 1. The van der Waals surface area contributed by atoms with Gasteiger partial charge in [-0.05, 0) is 60.4 Å². The summed E-state index contributed by atoms with van der Waals surface area (Å²) in [5.74, 6) is 2.08. The summed E-state index contributed by atoms with van der Waals surface area (Å²) in [6, 6.07) is 24.0. The van der Waals surface area contributed by atoms with Crippen molar-refractivity contribution < 1.29 is 14.6 Å². The molecular formula is C30H33N3O3. The number of rotatable bonds is 8. The molecule has 0 radical (unpaired) electrons. The lowest BCUT2D eigenvalue weighted by molar-refractivity contribution is -0.117. The normalized spacial score (nSPS) is 16.8. The van der Waals surface area contributed by atoms with Gasteiger partial charge in [-0.25, -0.2) is 4.98 Å². The topological polar surface area (TPSA) is 67.6 Å². The molecule has 1 aliphatic heterocycles. The first kappa shape index (κ1) is 24.1. The van der Waals surface area contributed by atoms with Gasteiger partial charge in [0.2, 0.25) is 5.91 Å². The van der Waals surface area contributed by atoms with E-state index in [1.165, 1.54) is 5.56 Å². The molecule has 0 saturated carbocycles. The van der Waals surface area contributed by atoms with Gasteiger partial charge in [0, 0.05) is 24.6 Å². The van der Waals surface area contributed by atoms with Gasteiger partial charge in [-0.15, -0.1) is 0 Å². The summed E-state index contributed by atoms with van der Waals surface area (Å²) in [7, 11) is 0. The van der Waals surface area contributed by atoms with Crippen molar-refractivity contribution in [2.24, 2.45) is 0 Å². The third-order valence-electron chi connectivity index (χ3n) is 6.87. The summed E-state index contributed by atoms with van der Waals surface area (Å²) in [5, 5.41) is 10.9. The zero-order chi connectivity index (χ0) is 25.2. The summed E-state index contributed by atoms with van der Waals surface area (Å²) in [4.78, 5) is 19.7. The number of imidazole rings is 1. The quantitative estimate of drug-likeness (QED) is 0.363. The molecule has 2 atom stereocenters. The van der Waals surface area contributed by atoms with Gasteiger partial charge in [0.05, 0.1) is 17.6 Å². The molecular weight excluding hydrogens is 450 g/mol. The molecule has 0 spiro atoms. The molecule has 1 aliphatic rings. The van der Waals surface area contributed by atoms with Crippen molar-refractivity contribution >= 4 is 22.6 Å². The maximum Gasteiger partial charge on any atom is 0.227 e. The van der Waals surface area contributed by atoms with Crippen LogP contribution in [0.15, 0.2) is 72.8 Å². The molecule has 1 aromatic heterocycles. The Hall–Kier alpha value is -3.64. The maximum atomic E-state index is 13.0. The Bertz CT molecular complexity index is 1360. The van der Waals surface area contributed by atoms with E-state index in [-0.39, 0.29) is 18.4 Å². The minimum absolute atomic E-state index is 0.0536. The first-order valence-corrected chi connectivity index (χ1v) is 12.6. The molecule has 186 valence electrons. The fourth-order valence-electron chi connectivity index (χ4n) is 4.93. The third-order valence-corrected chi connectivity index (χ3v) is 6.87. The Kier molecular flexibility index (Phi) is 6.79. The van der Waals surface area contributed by atoms with Crippen molar-refractivity contribution in [3.63, 3.8) is 0 Å². The molecule has 0 unspecified atom stereocenters. The lowest BCUT2D eigenvalue weighted by Crippen LogP contribution is -2.26. The highest BCUT2D eigenvalue weighted by Gasteiger charge is 2.35. The van der Waals surface area contributed by atoms with Crippen molar-refractivity contribution in [3.05, 3.63) is 89.7 Å². The van der Waals surface area contributed by atoms with Crippen molar-refractivity contribution in [2.45, 2.75) is 51.7 Å². The average molecular weight is 484 g/mol. The van der Waals surface area contributed by atoms with Crippen LogP contribution in [0.4, 0.5) is 5.69 Å². The SMILES string of the molecule is Cc1cccc(N2C[C@H](c3nc4ccccc4n3C[C@H](O)COc3ccc(C(C)C)cc3)CC2=O)c1. The largest absolute Gasteiger partial charge is 0.491 e. The standard InChI is InChI=1S/C30H33N3O3/c1-20(2)22-11-13-26(14-12-22)36-19-25(34)18-33-28-10-5-4-9-27(28)31-30(33)23-16-29(35)32(17-23)24-8-6-7-21(3)15-24/h4-15,20,23,25,34H,16-19H2,1-3H3/t23-,25+/m1/s1. The predicted octanol–water partition coefficient (Wildman–Crippen LogP) is 5.43. The van der Waals surface area contributed by atoms with Crippen LogP contribution in [0.2, 0.25) is 0 Å². The monoisotopic (exact) mass is 483 g/mol. The Morgan fingerprint density at radius 1 is 1.06 bits per heavy atom. The van der Waals surface area contributed by atoms with Crippen LogP contribution in [-0.2, 0) is 11.3 Å². The molecule has 3 aromatic carbocycles. The number of carbonyl (C=O) groups excluding carboxylic acids is 1. The van der Waals surface area contributed by atoms with Crippen LogP contribution in [0.1, 0.15) is 49.1 Å². The lowest BCUT2D eigenvalue weighted by atomic mass is 10.0. The number of benzene rings is 3. The molecule has 1 N–H and O–H groups in total. The summed E-state index contributed by atoms with van der Waals surface area (Å²) in [6.07, 6.45) is -0.331. The molecule has 2 heterocycles. The van der Waals surface area contributed by atoms with Crippen LogP contribution in [0, 0.1) is 6.92 Å². The minimum Gasteiger partial charge on any atom is -0.491 e. The highest BCUT2D eigenvalue weighted by molar-refractivity contribution is 5.96. The highest BCUT2D eigenvalue weighted by atomic mass is 16.5. The minimum atomic E-state index is -0.726.